The monoisotopic (exact) mass is 261 g/mol. The molecule has 0 radical (unpaired) electrons. The number of fused-ring (bicyclic) bond motifs is 1. The average molecular weight is 261 g/mol. The van der Waals surface area contributed by atoms with Crippen LogP contribution >= 0.6 is 0 Å². The van der Waals surface area contributed by atoms with Crippen LogP contribution in [-0.4, -0.2) is 28.4 Å². The minimum Gasteiger partial charge on any atom is -0.466 e. The molecule has 1 heterocycles. The first kappa shape index (κ1) is 13.6. The van der Waals surface area contributed by atoms with Crippen molar-refractivity contribution in [1.29, 1.82) is 0 Å². The molecular weight excluding hydrogens is 242 g/mol. The lowest BCUT2D eigenvalue weighted by Crippen LogP contribution is -2.21. The molecule has 1 atom stereocenters. The standard InChI is InChI=1S/C15H19NO3/c1-3-19-15(18)9-13(17)10-16-11(2)8-12-6-4-5-7-14(12)16/h4-8,13,17H,3,9-10H2,1-2H3. The fourth-order valence-electron chi connectivity index (χ4n) is 2.28. The summed E-state index contributed by atoms with van der Waals surface area (Å²) in [7, 11) is 0. The van der Waals surface area contributed by atoms with E-state index in [0.717, 1.165) is 16.6 Å². The van der Waals surface area contributed by atoms with Crippen molar-refractivity contribution in [3.63, 3.8) is 0 Å². The number of esters is 1. The zero-order valence-corrected chi connectivity index (χ0v) is 11.3. The number of hydrogen-bond donors (Lipinski definition) is 1. The number of carbonyl (C=O) groups is 1. The van der Waals surface area contributed by atoms with Crippen molar-refractivity contribution < 1.29 is 14.6 Å². The summed E-state index contributed by atoms with van der Waals surface area (Å²) in [5.74, 6) is -0.357. The lowest BCUT2D eigenvalue weighted by molar-refractivity contribution is -0.145. The lowest BCUT2D eigenvalue weighted by Gasteiger charge is -2.13. The van der Waals surface area contributed by atoms with Crippen LogP contribution in [0.25, 0.3) is 10.9 Å². The van der Waals surface area contributed by atoms with Gasteiger partial charge in [0, 0.05) is 17.8 Å². The average Bonchev–Trinajstić information content (AvgIpc) is 2.66. The van der Waals surface area contributed by atoms with Gasteiger partial charge in [-0.25, -0.2) is 0 Å². The summed E-state index contributed by atoms with van der Waals surface area (Å²) in [5, 5.41) is 11.1. The van der Waals surface area contributed by atoms with E-state index in [4.69, 9.17) is 4.74 Å². The molecule has 0 aliphatic carbocycles. The maximum Gasteiger partial charge on any atom is 0.308 e. The van der Waals surface area contributed by atoms with Crippen molar-refractivity contribution in [1.82, 2.24) is 4.57 Å². The number of benzene rings is 1. The van der Waals surface area contributed by atoms with E-state index in [1.807, 2.05) is 35.8 Å². The first-order valence-electron chi connectivity index (χ1n) is 6.50. The highest BCUT2D eigenvalue weighted by Crippen LogP contribution is 2.19. The van der Waals surface area contributed by atoms with Crippen LogP contribution in [-0.2, 0) is 16.1 Å². The Labute approximate surface area is 112 Å². The summed E-state index contributed by atoms with van der Waals surface area (Å²) < 4.78 is 6.87. The molecule has 1 N–H and O–H groups in total. The van der Waals surface area contributed by atoms with Crippen molar-refractivity contribution in [3.8, 4) is 0 Å². The number of aromatic nitrogens is 1. The van der Waals surface area contributed by atoms with E-state index in [9.17, 15) is 9.90 Å². The molecule has 102 valence electrons. The van der Waals surface area contributed by atoms with E-state index < -0.39 is 6.10 Å². The summed E-state index contributed by atoms with van der Waals surface area (Å²) in [6.45, 7) is 4.50. The zero-order valence-electron chi connectivity index (χ0n) is 11.3. The van der Waals surface area contributed by atoms with E-state index in [1.165, 1.54) is 0 Å². The fraction of sp³-hybridized carbons (Fsp3) is 0.400. The van der Waals surface area contributed by atoms with Gasteiger partial charge in [0.25, 0.3) is 0 Å². The third-order valence-corrected chi connectivity index (χ3v) is 3.12. The highest BCUT2D eigenvalue weighted by molar-refractivity contribution is 5.81. The van der Waals surface area contributed by atoms with Crippen LogP contribution in [0, 0.1) is 6.92 Å². The molecule has 2 aromatic rings. The molecule has 1 aromatic carbocycles. The van der Waals surface area contributed by atoms with Crippen molar-refractivity contribution in [2.24, 2.45) is 0 Å². The van der Waals surface area contributed by atoms with Gasteiger partial charge in [0.15, 0.2) is 0 Å². The Morgan fingerprint density at radius 2 is 2.16 bits per heavy atom. The molecule has 0 spiro atoms. The first-order valence-corrected chi connectivity index (χ1v) is 6.50. The van der Waals surface area contributed by atoms with E-state index in [-0.39, 0.29) is 12.4 Å². The Bertz CT molecular complexity index is 574. The molecule has 0 saturated heterocycles. The third kappa shape index (κ3) is 3.15. The Morgan fingerprint density at radius 3 is 2.89 bits per heavy atom. The van der Waals surface area contributed by atoms with Gasteiger partial charge in [0.2, 0.25) is 0 Å². The Hall–Kier alpha value is -1.81. The largest absolute Gasteiger partial charge is 0.466 e. The van der Waals surface area contributed by atoms with Gasteiger partial charge in [0.05, 0.1) is 19.1 Å². The van der Waals surface area contributed by atoms with Crippen LogP contribution in [0.3, 0.4) is 0 Å². The molecule has 1 aromatic heterocycles. The van der Waals surface area contributed by atoms with Crippen LogP contribution in [0.4, 0.5) is 0 Å². The number of ether oxygens (including phenoxy) is 1. The summed E-state index contributed by atoms with van der Waals surface area (Å²) >= 11 is 0. The van der Waals surface area contributed by atoms with Gasteiger partial charge in [-0.3, -0.25) is 4.79 Å². The van der Waals surface area contributed by atoms with E-state index >= 15 is 0 Å². The van der Waals surface area contributed by atoms with Gasteiger partial charge < -0.3 is 14.4 Å². The van der Waals surface area contributed by atoms with Gasteiger partial charge in [-0.2, -0.15) is 0 Å². The molecule has 19 heavy (non-hydrogen) atoms. The number of aliphatic hydroxyl groups is 1. The van der Waals surface area contributed by atoms with Gasteiger partial charge in [-0.05, 0) is 31.4 Å². The van der Waals surface area contributed by atoms with E-state index in [2.05, 4.69) is 6.07 Å². The molecule has 4 nitrogen and oxygen atoms in total. The van der Waals surface area contributed by atoms with Crippen LogP contribution in [0.1, 0.15) is 19.0 Å². The molecule has 0 bridgehead atoms. The Kier molecular flexibility index (Phi) is 4.22. The molecule has 1 unspecified atom stereocenters. The van der Waals surface area contributed by atoms with Crippen molar-refractivity contribution in [2.45, 2.75) is 32.9 Å². The molecule has 0 aliphatic rings. The van der Waals surface area contributed by atoms with Gasteiger partial charge in [0.1, 0.15) is 0 Å². The van der Waals surface area contributed by atoms with Crippen LogP contribution < -0.4 is 0 Å². The van der Waals surface area contributed by atoms with E-state index in [0.29, 0.717) is 13.2 Å². The van der Waals surface area contributed by atoms with Crippen molar-refractivity contribution in [3.05, 3.63) is 36.0 Å². The van der Waals surface area contributed by atoms with Crippen molar-refractivity contribution in [2.75, 3.05) is 6.61 Å². The Balaban J connectivity index is 2.12. The zero-order chi connectivity index (χ0) is 13.8. The highest BCUT2D eigenvalue weighted by atomic mass is 16.5. The van der Waals surface area contributed by atoms with Crippen LogP contribution in [0.5, 0.6) is 0 Å². The summed E-state index contributed by atoms with van der Waals surface area (Å²) in [6, 6.07) is 10.1. The predicted octanol–water partition coefficient (Wildman–Crippen LogP) is 2.26. The molecule has 0 aliphatic heterocycles. The fourth-order valence-corrected chi connectivity index (χ4v) is 2.28. The second-order valence-corrected chi connectivity index (χ2v) is 4.62. The number of aliphatic hydroxyl groups excluding tert-OH is 1. The normalized spacial score (nSPS) is 12.6. The van der Waals surface area contributed by atoms with E-state index in [1.54, 1.807) is 6.92 Å². The SMILES string of the molecule is CCOC(=O)CC(O)Cn1c(C)cc2ccccc21. The predicted molar refractivity (Wildman–Crippen MR) is 73.9 cm³/mol. The summed E-state index contributed by atoms with van der Waals surface area (Å²) in [6.07, 6.45) is -0.701. The minimum absolute atomic E-state index is 0.0276. The number of aryl methyl sites for hydroxylation is 1. The second-order valence-electron chi connectivity index (χ2n) is 4.62. The third-order valence-electron chi connectivity index (χ3n) is 3.12. The van der Waals surface area contributed by atoms with Crippen LogP contribution in [0.2, 0.25) is 0 Å². The number of para-hydroxylation sites is 1. The topological polar surface area (TPSA) is 51.5 Å². The van der Waals surface area contributed by atoms with Gasteiger partial charge >= 0.3 is 5.97 Å². The number of carbonyl (C=O) groups excluding carboxylic acids is 1. The highest BCUT2D eigenvalue weighted by Gasteiger charge is 2.14. The molecule has 4 heteroatoms. The molecule has 0 fully saturated rings. The number of hydrogen-bond acceptors (Lipinski definition) is 3. The lowest BCUT2D eigenvalue weighted by atomic mass is 10.2. The minimum atomic E-state index is -0.728. The van der Waals surface area contributed by atoms with Gasteiger partial charge in [-0.1, -0.05) is 18.2 Å². The molecule has 0 saturated carbocycles. The molecular formula is C15H19NO3. The molecule has 2 rings (SSSR count). The molecule has 0 amide bonds. The maximum atomic E-state index is 11.3. The quantitative estimate of drug-likeness (QED) is 0.840. The first-order chi connectivity index (χ1) is 9.11. The Morgan fingerprint density at radius 1 is 1.42 bits per heavy atom. The summed E-state index contributed by atoms with van der Waals surface area (Å²) in [4.78, 5) is 11.3. The van der Waals surface area contributed by atoms with Crippen LogP contribution in [0.15, 0.2) is 30.3 Å². The van der Waals surface area contributed by atoms with Crippen molar-refractivity contribution >= 4 is 16.9 Å². The summed E-state index contributed by atoms with van der Waals surface area (Å²) in [5.41, 5.74) is 2.15. The smallest absolute Gasteiger partial charge is 0.308 e. The number of rotatable bonds is 5. The maximum absolute atomic E-state index is 11.3. The number of nitrogens with zero attached hydrogens (tertiary/aromatic N) is 1. The van der Waals surface area contributed by atoms with Gasteiger partial charge in [-0.15, -0.1) is 0 Å². The second kappa shape index (κ2) is 5.89.